The Morgan fingerprint density at radius 1 is 1.35 bits per heavy atom. The Kier molecular flexibility index (Phi) is 4.31. The Hall–Kier alpha value is -1.18. The average molecular weight is 292 g/mol. The molecule has 0 saturated carbocycles. The van der Waals surface area contributed by atoms with Crippen LogP contribution in [-0.2, 0) is 12.7 Å². The Morgan fingerprint density at radius 2 is 2.05 bits per heavy atom. The highest BCUT2D eigenvalue weighted by Crippen LogP contribution is 2.30. The summed E-state index contributed by atoms with van der Waals surface area (Å²) in [7, 11) is 0. The van der Waals surface area contributed by atoms with E-state index in [1.54, 1.807) is 4.90 Å². The summed E-state index contributed by atoms with van der Waals surface area (Å²) in [5, 5.41) is 9.64. The first kappa shape index (κ1) is 15.2. The molecule has 1 aliphatic heterocycles. The van der Waals surface area contributed by atoms with Gasteiger partial charge in [-0.05, 0) is 18.6 Å². The summed E-state index contributed by atoms with van der Waals surface area (Å²) in [6.07, 6.45) is -4.67. The van der Waals surface area contributed by atoms with Gasteiger partial charge in [-0.25, -0.2) is 4.39 Å². The highest BCUT2D eigenvalue weighted by molar-refractivity contribution is 5.26. The molecule has 1 heterocycles. The number of aliphatic hydroxyl groups excluding tert-OH is 1. The van der Waals surface area contributed by atoms with E-state index in [0.717, 1.165) is 12.1 Å². The van der Waals surface area contributed by atoms with E-state index in [2.05, 4.69) is 0 Å². The zero-order chi connectivity index (χ0) is 14.9. The van der Waals surface area contributed by atoms with Gasteiger partial charge >= 0.3 is 6.18 Å². The Morgan fingerprint density at radius 3 is 2.60 bits per heavy atom. The molecule has 1 aliphatic rings. The fourth-order valence-corrected chi connectivity index (χ4v) is 2.25. The zero-order valence-electron chi connectivity index (χ0n) is 10.7. The topological polar surface area (TPSA) is 49.5 Å². The van der Waals surface area contributed by atoms with Crippen LogP contribution in [0.1, 0.15) is 17.5 Å². The van der Waals surface area contributed by atoms with E-state index < -0.39 is 23.7 Å². The molecule has 1 fully saturated rings. The van der Waals surface area contributed by atoms with Crippen molar-refractivity contribution in [1.82, 2.24) is 4.90 Å². The molecule has 0 radical (unpaired) electrons. The van der Waals surface area contributed by atoms with Gasteiger partial charge in [0, 0.05) is 31.2 Å². The average Bonchev–Trinajstić information content (AvgIpc) is 2.35. The third-order valence-corrected chi connectivity index (χ3v) is 3.49. The largest absolute Gasteiger partial charge is 0.416 e. The molecule has 0 bridgehead atoms. The number of alkyl halides is 3. The number of halogens is 4. The SMILES string of the molecule is N[C@@H]1CCN(Cc2ccc(C(F)(F)F)cc2F)C[C@H]1O. The van der Waals surface area contributed by atoms with Gasteiger partial charge in [-0.15, -0.1) is 0 Å². The van der Waals surface area contributed by atoms with Crippen molar-refractivity contribution in [3.8, 4) is 0 Å². The molecule has 3 nitrogen and oxygen atoms in total. The summed E-state index contributed by atoms with van der Waals surface area (Å²) < 4.78 is 51.0. The first-order chi connectivity index (χ1) is 9.27. The highest BCUT2D eigenvalue weighted by atomic mass is 19.4. The maximum Gasteiger partial charge on any atom is 0.416 e. The third-order valence-electron chi connectivity index (χ3n) is 3.49. The number of rotatable bonds is 2. The third kappa shape index (κ3) is 3.47. The lowest BCUT2D eigenvalue weighted by Crippen LogP contribution is -2.50. The minimum atomic E-state index is -4.55. The fraction of sp³-hybridized carbons (Fsp3) is 0.538. The second kappa shape index (κ2) is 5.67. The van der Waals surface area contributed by atoms with Crippen molar-refractivity contribution in [3.05, 3.63) is 35.1 Å². The van der Waals surface area contributed by atoms with Crippen molar-refractivity contribution < 1.29 is 22.7 Å². The molecule has 1 aromatic carbocycles. The predicted octanol–water partition coefficient (Wildman–Crippen LogP) is 1.74. The molecule has 112 valence electrons. The number of likely N-dealkylation sites (tertiary alicyclic amines) is 1. The normalized spacial score (nSPS) is 24.9. The van der Waals surface area contributed by atoms with Crippen LogP contribution in [0.5, 0.6) is 0 Å². The van der Waals surface area contributed by atoms with Crippen LogP contribution >= 0.6 is 0 Å². The van der Waals surface area contributed by atoms with Crippen LogP contribution in [0.25, 0.3) is 0 Å². The van der Waals surface area contributed by atoms with E-state index in [4.69, 9.17) is 5.73 Å². The van der Waals surface area contributed by atoms with Gasteiger partial charge in [0.1, 0.15) is 5.82 Å². The van der Waals surface area contributed by atoms with E-state index in [-0.39, 0.29) is 18.2 Å². The maximum atomic E-state index is 13.7. The summed E-state index contributed by atoms with van der Waals surface area (Å²) in [6, 6.07) is 2.20. The van der Waals surface area contributed by atoms with Crippen molar-refractivity contribution in [2.75, 3.05) is 13.1 Å². The van der Waals surface area contributed by atoms with Crippen molar-refractivity contribution in [2.45, 2.75) is 31.3 Å². The lowest BCUT2D eigenvalue weighted by Gasteiger charge is -2.34. The smallest absolute Gasteiger partial charge is 0.390 e. The number of aliphatic hydroxyl groups is 1. The Labute approximate surface area is 114 Å². The molecule has 0 aromatic heterocycles. The lowest BCUT2D eigenvalue weighted by atomic mass is 10.0. The lowest BCUT2D eigenvalue weighted by molar-refractivity contribution is -0.137. The van der Waals surface area contributed by atoms with E-state index in [0.29, 0.717) is 25.6 Å². The van der Waals surface area contributed by atoms with Crippen LogP contribution in [-0.4, -0.2) is 35.2 Å². The van der Waals surface area contributed by atoms with Crippen molar-refractivity contribution in [2.24, 2.45) is 5.73 Å². The first-order valence-electron chi connectivity index (χ1n) is 6.29. The predicted molar refractivity (Wildman–Crippen MR) is 65.3 cm³/mol. The molecule has 0 aliphatic carbocycles. The number of nitrogens with zero attached hydrogens (tertiary/aromatic N) is 1. The van der Waals surface area contributed by atoms with Gasteiger partial charge < -0.3 is 10.8 Å². The first-order valence-corrected chi connectivity index (χ1v) is 6.29. The fourth-order valence-electron chi connectivity index (χ4n) is 2.25. The van der Waals surface area contributed by atoms with Crippen molar-refractivity contribution >= 4 is 0 Å². The quantitative estimate of drug-likeness (QED) is 0.816. The molecule has 2 rings (SSSR count). The molecule has 7 heteroatoms. The molecular formula is C13H16F4N2O. The number of nitrogens with two attached hydrogens (primary N) is 1. The Bertz CT molecular complexity index is 478. The molecule has 0 spiro atoms. The van der Waals surface area contributed by atoms with Crippen LogP contribution < -0.4 is 5.73 Å². The number of benzene rings is 1. The molecule has 3 N–H and O–H groups in total. The van der Waals surface area contributed by atoms with E-state index in [9.17, 15) is 22.7 Å². The summed E-state index contributed by atoms with van der Waals surface area (Å²) >= 11 is 0. The summed E-state index contributed by atoms with van der Waals surface area (Å²) in [4.78, 5) is 1.78. The minimum absolute atomic E-state index is 0.160. The molecular weight excluding hydrogens is 276 g/mol. The van der Waals surface area contributed by atoms with E-state index in [1.165, 1.54) is 0 Å². The van der Waals surface area contributed by atoms with Gasteiger partial charge in [0.2, 0.25) is 0 Å². The van der Waals surface area contributed by atoms with Crippen molar-refractivity contribution in [3.63, 3.8) is 0 Å². The number of β-amino-alcohol motifs (C(OH)–C–C–N with tert-alkyl or cyclic N) is 1. The monoisotopic (exact) mass is 292 g/mol. The van der Waals surface area contributed by atoms with Gasteiger partial charge in [0.25, 0.3) is 0 Å². The van der Waals surface area contributed by atoms with E-state index in [1.807, 2.05) is 0 Å². The molecule has 0 unspecified atom stereocenters. The van der Waals surface area contributed by atoms with E-state index >= 15 is 0 Å². The van der Waals surface area contributed by atoms with Crippen LogP contribution in [0, 0.1) is 5.82 Å². The number of hydrogen-bond acceptors (Lipinski definition) is 3. The van der Waals surface area contributed by atoms with Gasteiger partial charge in [0.05, 0.1) is 11.7 Å². The van der Waals surface area contributed by atoms with Crippen LogP contribution in [0.2, 0.25) is 0 Å². The molecule has 1 saturated heterocycles. The van der Waals surface area contributed by atoms with Crippen molar-refractivity contribution in [1.29, 1.82) is 0 Å². The summed E-state index contributed by atoms with van der Waals surface area (Å²) in [5.74, 6) is -0.885. The van der Waals surface area contributed by atoms with Crippen LogP contribution in [0.4, 0.5) is 17.6 Å². The Balaban J connectivity index is 2.07. The molecule has 1 aromatic rings. The zero-order valence-corrected chi connectivity index (χ0v) is 10.7. The standard InChI is InChI=1S/C13H16F4N2O/c14-10-5-9(13(15,16)17)2-1-8(10)6-19-4-3-11(18)12(20)7-19/h1-2,5,11-12,20H,3-4,6-7,18H2/t11-,12-/m1/s1. The van der Waals surface area contributed by atoms with Gasteiger partial charge in [-0.2, -0.15) is 13.2 Å². The van der Waals surface area contributed by atoms with Gasteiger partial charge in [-0.1, -0.05) is 6.07 Å². The molecule has 0 amide bonds. The highest BCUT2D eigenvalue weighted by Gasteiger charge is 2.31. The second-order valence-corrected chi connectivity index (χ2v) is 5.06. The van der Waals surface area contributed by atoms with Gasteiger partial charge in [-0.3, -0.25) is 4.90 Å². The number of piperidine rings is 1. The second-order valence-electron chi connectivity index (χ2n) is 5.06. The van der Waals surface area contributed by atoms with Gasteiger partial charge in [0.15, 0.2) is 0 Å². The summed E-state index contributed by atoms with van der Waals surface area (Å²) in [5.41, 5.74) is 4.84. The number of hydrogen-bond donors (Lipinski definition) is 2. The molecule has 2 atom stereocenters. The summed E-state index contributed by atoms with van der Waals surface area (Å²) in [6.45, 7) is 1.04. The maximum absolute atomic E-state index is 13.7. The molecule has 20 heavy (non-hydrogen) atoms. The van der Waals surface area contributed by atoms with Crippen LogP contribution in [0.3, 0.4) is 0 Å². The van der Waals surface area contributed by atoms with Crippen LogP contribution in [0.15, 0.2) is 18.2 Å². The minimum Gasteiger partial charge on any atom is -0.390 e.